The van der Waals surface area contributed by atoms with E-state index >= 15 is 0 Å². The lowest BCUT2D eigenvalue weighted by molar-refractivity contribution is -0.118. The number of nitrogens with one attached hydrogen (secondary N) is 2. The number of hydrogen-bond donors (Lipinski definition) is 2. The predicted molar refractivity (Wildman–Crippen MR) is 78.0 cm³/mol. The normalized spacial score (nSPS) is 12.0. The van der Waals surface area contributed by atoms with E-state index in [1.54, 1.807) is 7.11 Å². The van der Waals surface area contributed by atoms with E-state index in [0.717, 1.165) is 22.4 Å². The first-order valence-electron chi connectivity index (χ1n) is 5.92. The maximum absolute atomic E-state index is 11.8. The molecule has 0 aliphatic rings. The lowest BCUT2D eigenvalue weighted by Crippen LogP contribution is -2.19. The molecule has 5 heteroatoms. The van der Waals surface area contributed by atoms with Gasteiger partial charge in [-0.1, -0.05) is 15.9 Å². The summed E-state index contributed by atoms with van der Waals surface area (Å²) in [5.41, 5.74) is 1.69. The van der Waals surface area contributed by atoms with Gasteiger partial charge in [0.15, 0.2) is 0 Å². The molecule has 1 rings (SSSR count). The summed E-state index contributed by atoms with van der Waals surface area (Å²) in [5, 5.41) is 6.10. The molecule has 0 saturated heterocycles. The molecule has 1 aromatic carbocycles. The number of carbonyl (C=O) groups is 1. The van der Waals surface area contributed by atoms with Gasteiger partial charge in [-0.25, -0.2) is 0 Å². The van der Waals surface area contributed by atoms with Crippen molar-refractivity contribution in [3.05, 3.63) is 22.7 Å². The van der Waals surface area contributed by atoms with E-state index in [-0.39, 0.29) is 12.0 Å². The van der Waals surface area contributed by atoms with Crippen LogP contribution in [0.4, 0.5) is 11.4 Å². The van der Waals surface area contributed by atoms with Gasteiger partial charge in [0.2, 0.25) is 5.91 Å². The summed E-state index contributed by atoms with van der Waals surface area (Å²) in [4.78, 5) is 11.8. The second-order valence-electron chi connectivity index (χ2n) is 4.02. The Morgan fingerprint density at radius 3 is 2.78 bits per heavy atom. The Labute approximate surface area is 116 Å². The highest BCUT2D eigenvalue weighted by Gasteiger charge is 2.10. The molecule has 1 amide bonds. The van der Waals surface area contributed by atoms with Gasteiger partial charge in [0, 0.05) is 18.1 Å². The molecule has 1 unspecified atom stereocenters. The van der Waals surface area contributed by atoms with E-state index in [0.29, 0.717) is 6.42 Å². The van der Waals surface area contributed by atoms with Crippen LogP contribution in [0.2, 0.25) is 0 Å². The molecule has 0 bridgehead atoms. The summed E-state index contributed by atoms with van der Waals surface area (Å²) in [6.07, 6.45) is 0.258. The smallest absolute Gasteiger partial charge is 0.227 e. The fraction of sp³-hybridized carbons (Fsp3) is 0.462. The third kappa shape index (κ3) is 4.66. The van der Waals surface area contributed by atoms with Crippen molar-refractivity contribution in [3.8, 4) is 0 Å². The molecular weight excluding hydrogens is 296 g/mol. The number of anilines is 2. The molecule has 0 fully saturated rings. The number of hydrogen-bond acceptors (Lipinski definition) is 3. The topological polar surface area (TPSA) is 50.4 Å². The molecule has 0 saturated carbocycles. The van der Waals surface area contributed by atoms with Gasteiger partial charge in [0.05, 0.1) is 23.9 Å². The number of methoxy groups -OCH3 is 1. The van der Waals surface area contributed by atoms with Gasteiger partial charge in [-0.3, -0.25) is 4.79 Å². The van der Waals surface area contributed by atoms with Crippen LogP contribution >= 0.6 is 15.9 Å². The SMILES string of the molecule is CCNc1ccc(Br)cc1NC(=O)CC(C)OC. The number of carbonyl (C=O) groups excluding carboxylic acids is 1. The van der Waals surface area contributed by atoms with Crippen LogP contribution in [0, 0.1) is 0 Å². The Hall–Kier alpha value is -1.07. The molecule has 1 atom stereocenters. The van der Waals surface area contributed by atoms with Gasteiger partial charge >= 0.3 is 0 Å². The minimum Gasteiger partial charge on any atom is -0.384 e. The molecule has 0 radical (unpaired) electrons. The van der Waals surface area contributed by atoms with Gasteiger partial charge in [-0.15, -0.1) is 0 Å². The summed E-state index contributed by atoms with van der Waals surface area (Å²) in [6.45, 7) is 4.69. The monoisotopic (exact) mass is 314 g/mol. The van der Waals surface area contributed by atoms with Crippen molar-refractivity contribution >= 4 is 33.2 Å². The first-order chi connectivity index (χ1) is 8.56. The average molecular weight is 315 g/mol. The summed E-state index contributed by atoms with van der Waals surface area (Å²) >= 11 is 3.40. The van der Waals surface area contributed by atoms with Crippen molar-refractivity contribution in [3.63, 3.8) is 0 Å². The van der Waals surface area contributed by atoms with E-state index in [4.69, 9.17) is 4.74 Å². The number of amides is 1. The maximum atomic E-state index is 11.8. The summed E-state index contributed by atoms with van der Waals surface area (Å²) in [7, 11) is 1.60. The zero-order valence-corrected chi connectivity index (χ0v) is 12.5. The Morgan fingerprint density at radius 2 is 2.17 bits per heavy atom. The van der Waals surface area contributed by atoms with Crippen LogP contribution in [0.25, 0.3) is 0 Å². The van der Waals surface area contributed by atoms with Crippen molar-refractivity contribution in [1.29, 1.82) is 0 Å². The quantitative estimate of drug-likeness (QED) is 0.847. The number of rotatable bonds is 6. The van der Waals surface area contributed by atoms with Crippen molar-refractivity contribution in [2.24, 2.45) is 0 Å². The molecule has 0 aliphatic heterocycles. The molecule has 0 spiro atoms. The highest BCUT2D eigenvalue weighted by molar-refractivity contribution is 9.10. The summed E-state index contributed by atoms with van der Waals surface area (Å²) < 4.78 is 6.00. The van der Waals surface area contributed by atoms with E-state index in [2.05, 4.69) is 26.6 Å². The van der Waals surface area contributed by atoms with Crippen LogP contribution in [-0.2, 0) is 9.53 Å². The predicted octanol–water partition coefficient (Wildman–Crippen LogP) is 3.24. The number of ether oxygens (including phenoxy) is 1. The van der Waals surface area contributed by atoms with E-state index in [9.17, 15) is 4.79 Å². The first kappa shape index (κ1) is 15.0. The fourth-order valence-electron chi connectivity index (χ4n) is 1.51. The molecule has 4 nitrogen and oxygen atoms in total. The van der Waals surface area contributed by atoms with Gasteiger partial charge in [-0.05, 0) is 32.0 Å². The van der Waals surface area contributed by atoms with Gasteiger partial charge < -0.3 is 15.4 Å². The van der Waals surface area contributed by atoms with Gasteiger partial charge in [-0.2, -0.15) is 0 Å². The van der Waals surface area contributed by atoms with Crippen LogP contribution in [0.3, 0.4) is 0 Å². The minimum atomic E-state index is -0.0836. The van der Waals surface area contributed by atoms with E-state index in [1.165, 1.54) is 0 Å². The van der Waals surface area contributed by atoms with Gasteiger partial charge in [0.25, 0.3) is 0 Å². The van der Waals surface area contributed by atoms with E-state index in [1.807, 2.05) is 32.0 Å². The Bertz CT molecular complexity index is 410. The Morgan fingerprint density at radius 1 is 1.44 bits per heavy atom. The van der Waals surface area contributed by atoms with Crippen LogP contribution in [0.15, 0.2) is 22.7 Å². The van der Waals surface area contributed by atoms with Crippen LogP contribution in [-0.4, -0.2) is 25.7 Å². The molecule has 100 valence electrons. The molecule has 18 heavy (non-hydrogen) atoms. The second-order valence-corrected chi connectivity index (χ2v) is 4.93. The zero-order chi connectivity index (χ0) is 13.5. The van der Waals surface area contributed by atoms with Crippen LogP contribution in [0.5, 0.6) is 0 Å². The highest BCUT2D eigenvalue weighted by atomic mass is 79.9. The van der Waals surface area contributed by atoms with Crippen LogP contribution < -0.4 is 10.6 Å². The molecule has 0 aromatic heterocycles. The highest BCUT2D eigenvalue weighted by Crippen LogP contribution is 2.26. The van der Waals surface area contributed by atoms with E-state index < -0.39 is 0 Å². The average Bonchev–Trinajstić information content (AvgIpc) is 2.32. The Kier molecular flexibility index (Phi) is 6.15. The molecule has 2 N–H and O–H groups in total. The standard InChI is InChI=1S/C13H19BrN2O2/c1-4-15-11-6-5-10(14)8-12(11)16-13(17)7-9(2)18-3/h5-6,8-9,15H,4,7H2,1-3H3,(H,16,17). The van der Waals surface area contributed by atoms with Crippen molar-refractivity contribution < 1.29 is 9.53 Å². The largest absolute Gasteiger partial charge is 0.384 e. The molecule has 1 aromatic rings. The summed E-state index contributed by atoms with van der Waals surface area (Å²) in [5.74, 6) is -0.0541. The minimum absolute atomic E-state index is 0.0541. The maximum Gasteiger partial charge on any atom is 0.227 e. The second kappa shape index (κ2) is 7.38. The fourth-order valence-corrected chi connectivity index (χ4v) is 1.87. The number of benzene rings is 1. The molecular formula is C13H19BrN2O2. The Balaban J connectivity index is 2.75. The van der Waals surface area contributed by atoms with Crippen molar-refractivity contribution in [2.45, 2.75) is 26.4 Å². The summed E-state index contributed by atoms with van der Waals surface area (Å²) in [6, 6.07) is 5.75. The van der Waals surface area contributed by atoms with Crippen molar-refractivity contribution in [1.82, 2.24) is 0 Å². The third-order valence-corrected chi connectivity index (χ3v) is 2.99. The molecule has 0 heterocycles. The lowest BCUT2D eigenvalue weighted by atomic mass is 10.2. The first-order valence-corrected chi connectivity index (χ1v) is 6.72. The molecule has 0 aliphatic carbocycles. The van der Waals surface area contributed by atoms with Crippen molar-refractivity contribution in [2.75, 3.05) is 24.3 Å². The van der Waals surface area contributed by atoms with Crippen LogP contribution in [0.1, 0.15) is 20.3 Å². The number of halogens is 1. The lowest BCUT2D eigenvalue weighted by Gasteiger charge is -2.14. The zero-order valence-electron chi connectivity index (χ0n) is 10.9. The van der Waals surface area contributed by atoms with Gasteiger partial charge in [0.1, 0.15) is 0 Å². The third-order valence-electron chi connectivity index (χ3n) is 2.50.